The monoisotopic (exact) mass is 463 g/mol. The zero-order valence-corrected chi connectivity index (χ0v) is 18.5. The molecule has 0 saturated carbocycles. The van der Waals surface area contributed by atoms with Crippen molar-refractivity contribution in [3.05, 3.63) is 35.9 Å². The van der Waals surface area contributed by atoms with Gasteiger partial charge in [0.05, 0.1) is 0 Å². The maximum atomic E-state index is 12.2. The van der Waals surface area contributed by atoms with Crippen LogP contribution in [0.15, 0.2) is 35.3 Å². The van der Waals surface area contributed by atoms with Crippen molar-refractivity contribution < 1.29 is 4.21 Å². The number of hydrogen-bond donors (Lipinski definition) is 1. The first kappa shape index (κ1) is 21.4. The third kappa shape index (κ3) is 4.71. The Bertz CT molecular complexity index is 587. The number of aliphatic imine (C=N–C) groups is 1. The third-order valence-electron chi connectivity index (χ3n) is 5.14. The summed E-state index contributed by atoms with van der Waals surface area (Å²) in [7, 11) is 0.953. The molecule has 1 N–H and O–H groups in total. The van der Waals surface area contributed by atoms with Crippen LogP contribution in [0.4, 0.5) is 0 Å². The largest absolute Gasteiger partial charge is 0.355 e. The molecule has 0 spiro atoms. The lowest BCUT2D eigenvalue weighted by Crippen LogP contribution is -2.72. The van der Waals surface area contributed by atoms with Gasteiger partial charge in [0.25, 0.3) is 0 Å². The van der Waals surface area contributed by atoms with Crippen molar-refractivity contribution in [3.63, 3.8) is 0 Å². The molecule has 1 fully saturated rings. The minimum atomic E-state index is -0.857. The predicted octanol–water partition coefficient (Wildman–Crippen LogP) is 3.25. The lowest BCUT2D eigenvalue weighted by molar-refractivity contribution is -0.0666. The van der Waals surface area contributed by atoms with Crippen LogP contribution in [-0.2, 0) is 16.6 Å². The van der Waals surface area contributed by atoms with E-state index in [1.54, 1.807) is 0 Å². The van der Waals surface area contributed by atoms with E-state index in [-0.39, 0.29) is 34.9 Å². The molecule has 0 amide bonds. The molecule has 136 valence electrons. The zero-order valence-electron chi connectivity index (χ0n) is 15.3. The molecule has 1 aromatic carbocycles. The van der Waals surface area contributed by atoms with Gasteiger partial charge < -0.3 is 10.2 Å². The molecule has 2 rings (SSSR count). The molecule has 0 aromatic heterocycles. The fourth-order valence-corrected chi connectivity index (χ4v) is 3.84. The third-order valence-corrected chi connectivity index (χ3v) is 6.45. The first-order valence-corrected chi connectivity index (χ1v) is 9.64. The highest BCUT2D eigenvalue weighted by atomic mass is 127. The van der Waals surface area contributed by atoms with Crippen LogP contribution in [0.5, 0.6) is 0 Å². The van der Waals surface area contributed by atoms with Crippen molar-refractivity contribution in [2.24, 2.45) is 10.4 Å². The average Bonchev–Trinajstić information content (AvgIpc) is 2.51. The van der Waals surface area contributed by atoms with E-state index in [0.717, 1.165) is 18.1 Å². The smallest absolute Gasteiger partial charge is 0.194 e. The quantitative estimate of drug-likeness (QED) is 0.414. The van der Waals surface area contributed by atoms with Gasteiger partial charge in [0, 0.05) is 53.4 Å². The van der Waals surface area contributed by atoms with Gasteiger partial charge >= 0.3 is 0 Å². The van der Waals surface area contributed by atoms with E-state index in [0.29, 0.717) is 18.1 Å². The highest BCUT2D eigenvalue weighted by Gasteiger charge is 2.53. The van der Waals surface area contributed by atoms with Crippen LogP contribution in [-0.4, -0.2) is 46.5 Å². The number of hydrogen-bond acceptors (Lipinski definition) is 2. The second kappa shape index (κ2) is 8.65. The van der Waals surface area contributed by atoms with Crippen LogP contribution >= 0.6 is 24.0 Å². The lowest BCUT2D eigenvalue weighted by atomic mass is 9.65. The maximum absolute atomic E-state index is 12.2. The van der Waals surface area contributed by atoms with E-state index >= 15 is 0 Å². The van der Waals surface area contributed by atoms with Crippen LogP contribution < -0.4 is 5.32 Å². The summed E-state index contributed by atoms with van der Waals surface area (Å²) in [5, 5.41) is 3.36. The molecule has 4 nitrogen and oxygen atoms in total. The molecule has 1 heterocycles. The summed E-state index contributed by atoms with van der Waals surface area (Å²) in [5.41, 5.74) is 1.49. The first-order valence-electron chi connectivity index (χ1n) is 8.15. The molecule has 0 bridgehead atoms. The number of benzene rings is 1. The molecule has 0 aliphatic carbocycles. The van der Waals surface area contributed by atoms with Crippen LogP contribution in [0.2, 0.25) is 0 Å². The van der Waals surface area contributed by atoms with Crippen molar-refractivity contribution >= 4 is 40.7 Å². The summed E-state index contributed by atoms with van der Waals surface area (Å²) in [5.74, 6) is 2.15. The Labute approximate surface area is 166 Å². The molecule has 1 saturated heterocycles. The maximum Gasteiger partial charge on any atom is 0.194 e. The Kier molecular flexibility index (Phi) is 7.72. The number of nitrogens with zero attached hydrogens (tertiary/aromatic N) is 2. The molecular formula is C18H30IN3OS. The van der Waals surface area contributed by atoms with Crippen LogP contribution in [0.25, 0.3) is 0 Å². The highest BCUT2D eigenvalue weighted by molar-refractivity contribution is 14.0. The van der Waals surface area contributed by atoms with E-state index in [1.165, 1.54) is 0 Å². The van der Waals surface area contributed by atoms with Crippen LogP contribution in [0.1, 0.15) is 33.3 Å². The second-order valence-electron chi connectivity index (χ2n) is 7.28. The summed E-state index contributed by atoms with van der Waals surface area (Å²) in [6.07, 6.45) is 0. The summed E-state index contributed by atoms with van der Waals surface area (Å²) in [4.78, 5) is 6.68. The second-order valence-corrected chi connectivity index (χ2v) is 8.85. The number of rotatable bonds is 5. The molecule has 0 radical (unpaired) electrons. The van der Waals surface area contributed by atoms with Gasteiger partial charge in [-0.05, 0) is 19.4 Å². The Morgan fingerprint density at radius 2 is 1.88 bits per heavy atom. The topological polar surface area (TPSA) is 44.7 Å². The minimum Gasteiger partial charge on any atom is -0.355 e. The highest BCUT2D eigenvalue weighted by Crippen LogP contribution is 2.46. The summed E-state index contributed by atoms with van der Waals surface area (Å²) < 4.78 is 12.2. The van der Waals surface area contributed by atoms with Crippen LogP contribution in [0, 0.1) is 5.41 Å². The number of nitrogens with one attached hydrogen (secondary N) is 1. The van der Waals surface area contributed by atoms with Gasteiger partial charge in [-0.2, -0.15) is 0 Å². The van der Waals surface area contributed by atoms with Gasteiger partial charge in [-0.3, -0.25) is 9.20 Å². The van der Waals surface area contributed by atoms with Crippen molar-refractivity contribution in [1.29, 1.82) is 0 Å². The molecule has 6 heteroatoms. The normalized spacial score (nSPS) is 19.9. The van der Waals surface area contributed by atoms with E-state index in [2.05, 4.69) is 42.9 Å². The molecule has 1 aromatic rings. The van der Waals surface area contributed by atoms with E-state index in [4.69, 9.17) is 0 Å². The van der Waals surface area contributed by atoms with Gasteiger partial charge in [0.2, 0.25) is 0 Å². The molecule has 1 aliphatic rings. The van der Waals surface area contributed by atoms with Gasteiger partial charge in [0.1, 0.15) is 0 Å². The minimum absolute atomic E-state index is 0. The van der Waals surface area contributed by atoms with E-state index in [1.807, 2.05) is 37.4 Å². The van der Waals surface area contributed by atoms with Gasteiger partial charge in [-0.15, -0.1) is 24.0 Å². The van der Waals surface area contributed by atoms with Gasteiger partial charge in [-0.1, -0.05) is 44.2 Å². The number of halogens is 1. The SMILES string of the molecule is CN=C(NCCS(=O)Cc1ccccc1)N1CC(C)(C)C1(C)C.I. The standard InChI is InChI=1S/C18H29N3OS.HI/c1-17(2)14-21(18(17,3)4)16(19-5)20-11-12-23(22)13-15-9-7-6-8-10-15;/h6-10H,11-14H2,1-5H3,(H,19,20);1H. The van der Waals surface area contributed by atoms with E-state index in [9.17, 15) is 4.21 Å². The van der Waals surface area contributed by atoms with Crippen LogP contribution in [0.3, 0.4) is 0 Å². The molecule has 1 aliphatic heterocycles. The molecule has 1 unspecified atom stereocenters. The van der Waals surface area contributed by atoms with E-state index < -0.39 is 10.8 Å². The van der Waals surface area contributed by atoms with Crippen molar-refractivity contribution in [2.45, 2.75) is 39.0 Å². The molecule has 24 heavy (non-hydrogen) atoms. The number of guanidine groups is 1. The lowest BCUT2D eigenvalue weighted by Gasteiger charge is -2.62. The van der Waals surface area contributed by atoms with Crippen molar-refractivity contribution in [3.8, 4) is 0 Å². The fourth-order valence-electron chi connectivity index (χ4n) is 2.80. The predicted molar refractivity (Wildman–Crippen MR) is 114 cm³/mol. The summed E-state index contributed by atoms with van der Waals surface area (Å²) >= 11 is 0. The summed E-state index contributed by atoms with van der Waals surface area (Å²) in [6, 6.07) is 10.00. The van der Waals surface area contributed by atoms with Crippen molar-refractivity contribution in [1.82, 2.24) is 10.2 Å². The molecular weight excluding hydrogens is 433 g/mol. The Morgan fingerprint density at radius 3 is 2.38 bits per heavy atom. The Morgan fingerprint density at radius 1 is 1.25 bits per heavy atom. The summed E-state index contributed by atoms with van der Waals surface area (Å²) in [6.45, 7) is 10.7. The van der Waals surface area contributed by atoms with Gasteiger partial charge in [-0.25, -0.2) is 0 Å². The Balaban J connectivity index is 0.00000288. The fraction of sp³-hybridized carbons (Fsp3) is 0.611. The van der Waals surface area contributed by atoms with Crippen molar-refractivity contribution in [2.75, 3.05) is 25.9 Å². The van der Waals surface area contributed by atoms with Gasteiger partial charge in [0.15, 0.2) is 5.96 Å². The Hall–Kier alpha value is -0.630. The number of likely N-dealkylation sites (tertiary alicyclic amines) is 1. The average molecular weight is 463 g/mol. The zero-order chi connectivity index (χ0) is 17.1. The molecule has 1 atom stereocenters. The first-order chi connectivity index (χ1) is 10.8.